The second-order valence-electron chi connectivity index (χ2n) is 6.54. The average Bonchev–Trinajstić information content (AvgIpc) is 3.13. The van der Waals surface area contributed by atoms with Gasteiger partial charge in [0.1, 0.15) is 6.61 Å². The first kappa shape index (κ1) is 17.2. The lowest BCUT2D eigenvalue weighted by Crippen LogP contribution is -2.41. The van der Waals surface area contributed by atoms with E-state index in [9.17, 15) is 14.4 Å². The topological polar surface area (TPSA) is 66.9 Å². The van der Waals surface area contributed by atoms with Gasteiger partial charge in [-0.15, -0.1) is 0 Å². The van der Waals surface area contributed by atoms with Crippen molar-refractivity contribution in [1.29, 1.82) is 0 Å². The van der Waals surface area contributed by atoms with Crippen molar-refractivity contribution in [2.45, 2.75) is 39.0 Å². The van der Waals surface area contributed by atoms with Crippen LogP contribution in [0.3, 0.4) is 0 Å². The summed E-state index contributed by atoms with van der Waals surface area (Å²) in [6.45, 7) is 4.03. The van der Waals surface area contributed by atoms with E-state index in [4.69, 9.17) is 4.74 Å². The van der Waals surface area contributed by atoms with Crippen molar-refractivity contribution in [3.05, 3.63) is 48.2 Å². The van der Waals surface area contributed by atoms with Crippen LogP contribution in [0.1, 0.15) is 25.8 Å². The van der Waals surface area contributed by atoms with Gasteiger partial charge in [-0.1, -0.05) is 37.3 Å². The molecule has 2 fully saturated rings. The lowest BCUT2D eigenvalue weighted by molar-refractivity contribution is -0.129. The van der Waals surface area contributed by atoms with Gasteiger partial charge in [-0.3, -0.25) is 9.59 Å². The first-order valence-electron chi connectivity index (χ1n) is 8.47. The van der Waals surface area contributed by atoms with Crippen molar-refractivity contribution in [3.8, 4) is 0 Å². The van der Waals surface area contributed by atoms with E-state index in [1.54, 1.807) is 16.0 Å². The summed E-state index contributed by atoms with van der Waals surface area (Å²) in [6, 6.07) is 9.19. The smallest absolute Gasteiger partial charge is 0.410 e. The largest absolute Gasteiger partial charge is 0.445 e. The minimum atomic E-state index is -0.395. The predicted octanol–water partition coefficient (Wildman–Crippen LogP) is 2.35. The Morgan fingerprint density at radius 3 is 2.68 bits per heavy atom. The summed E-state index contributed by atoms with van der Waals surface area (Å²) in [5.74, 6) is -0.484. The number of ether oxygens (including phenoxy) is 1. The van der Waals surface area contributed by atoms with E-state index in [1.807, 2.05) is 37.3 Å². The highest BCUT2D eigenvalue weighted by Crippen LogP contribution is 2.36. The van der Waals surface area contributed by atoms with Crippen molar-refractivity contribution >= 4 is 17.8 Å². The molecule has 0 bridgehead atoms. The quantitative estimate of drug-likeness (QED) is 0.788. The molecule has 0 spiro atoms. The molecule has 1 aromatic carbocycles. The van der Waals surface area contributed by atoms with Gasteiger partial charge in [0.2, 0.25) is 5.91 Å². The molecule has 0 aromatic heterocycles. The number of allylic oxidation sites excluding steroid dienone is 1. The minimum Gasteiger partial charge on any atom is -0.445 e. The summed E-state index contributed by atoms with van der Waals surface area (Å²) in [7, 11) is 0. The molecule has 6 heteroatoms. The Morgan fingerprint density at radius 1 is 1.28 bits per heavy atom. The number of likely N-dealkylation sites (tertiary alicyclic amines) is 2. The van der Waals surface area contributed by atoms with Gasteiger partial charge >= 0.3 is 6.09 Å². The normalized spacial score (nSPS) is 25.5. The molecular weight excluding hydrogens is 320 g/mol. The molecule has 2 heterocycles. The average molecular weight is 342 g/mol. The van der Waals surface area contributed by atoms with E-state index in [0.717, 1.165) is 5.56 Å². The molecule has 0 N–H and O–H groups in total. The van der Waals surface area contributed by atoms with E-state index in [2.05, 4.69) is 0 Å². The zero-order valence-electron chi connectivity index (χ0n) is 14.4. The summed E-state index contributed by atoms with van der Waals surface area (Å²) < 4.78 is 5.42. The van der Waals surface area contributed by atoms with Gasteiger partial charge in [0, 0.05) is 12.7 Å². The first-order chi connectivity index (χ1) is 12.0. The Bertz CT molecular complexity index is 701. The number of benzene rings is 1. The van der Waals surface area contributed by atoms with Crippen molar-refractivity contribution in [2.75, 3.05) is 6.54 Å². The molecule has 3 rings (SSSR count). The fourth-order valence-corrected chi connectivity index (χ4v) is 3.63. The van der Waals surface area contributed by atoms with Gasteiger partial charge in [0.05, 0.1) is 18.0 Å². The number of fused-ring (bicyclic) bond motifs is 1. The number of carbonyl (C=O) groups excluding carboxylic acids is 3. The third kappa shape index (κ3) is 3.43. The van der Waals surface area contributed by atoms with Crippen LogP contribution < -0.4 is 0 Å². The van der Waals surface area contributed by atoms with Crippen molar-refractivity contribution in [3.63, 3.8) is 0 Å². The molecule has 0 radical (unpaired) electrons. The fraction of sp³-hybridized carbons (Fsp3) is 0.421. The zero-order valence-corrected chi connectivity index (χ0v) is 14.4. The lowest BCUT2D eigenvalue weighted by atomic mass is 10.0. The number of hydrogen-bond donors (Lipinski definition) is 0. The fourth-order valence-electron chi connectivity index (χ4n) is 3.63. The van der Waals surface area contributed by atoms with Gasteiger partial charge < -0.3 is 14.5 Å². The highest BCUT2D eigenvalue weighted by molar-refractivity contribution is 5.89. The van der Waals surface area contributed by atoms with E-state index >= 15 is 0 Å². The van der Waals surface area contributed by atoms with Gasteiger partial charge in [-0.25, -0.2) is 4.79 Å². The maximum absolute atomic E-state index is 12.5. The van der Waals surface area contributed by atoms with E-state index in [-0.39, 0.29) is 36.3 Å². The second-order valence-corrected chi connectivity index (χ2v) is 6.54. The maximum Gasteiger partial charge on any atom is 0.410 e. The second kappa shape index (κ2) is 7.09. The first-order valence-corrected chi connectivity index (χ1v) is 8.47. The Morgan fingerprint density at radius 2 is 2.00 bits per heavy atom. The molecule has 1 unspecified atom stereocenters. The maximum atomic E-state index is 12.5. The molecule has 6 nitrogen and oxygen atoms in total. The molecule has 2 amide bonds. The molecule has 2 aliphatic rings. The van der Waals surface area contributed by atoms with Crippen molar-refractivity contribution in [1.82, 2.24) is 9.80 Å². The van der Waals surface area contributed by atoms with Crippen LogP contribution in [0.2, 0.25) is 0 Å². The molecule has 2 saturated heterocycles. The SMILES string of the molecule is CC(=O)/C=C/N1C(=O)[C@@H](C)C2[C@@H]1CCN2C(=O)OCc1ccccc1. The van der Waals surface area contributed by atoms with E-state index in [1.165, 1.54) is 13.0 Å². The number of carbonyl (C=O) groups is 3. The van der Waals surface area contributed by atoms with Crippen LogP contribution in [0.15, 0.2) is 42.6 Å². The van der Waals surface area contributed by atoms with Crippen LogP contribution in [0.25, 0.3) is 0 Å². The third-order valence-electron chi connectivity index (χ3n) is 4.84. The molecule has 2 aliphatic heterocycles. The Kier molecular flexibility index (Phi) is 4.88. The summed E-state index contributed by atoms with van der Waals surface area (Å²) in [5, 5.41) is 0. The Labute approximate surface area is 147 Å². The summed E-state index contributed by atoms with van der Waals surface area (Å²) in [4.78, 5) is 39.4. The zero-order chi connectivity index (χ0) is 18.0. The number of ketones is 1. The molecule has 1 aromatic rings. The van der Waals surface area contributed by atoms with Crippen LogP contribution in [0, 0.1) is 5.92 Å². The van der Waals surface area contributed by atoms with Crippen molar-refractivity contribution in [2.24, 2.45) is 5.92 Å². The van der Waals surface area contributed by atoms with Crippen LogP contribution in [-0.4, -0.2) is 46.2 Å². The van der Waals surface area contributed by atoms with E-state index < -0.39 is 6.09 Å². The predicted molar refractivity (Wildman–Crippen MR) is 91.4 cm³/mol. The van der Waals surface area contributed by atoms with Crippen LogP contribution >= 0.6 is 0 Å². The van der Waals surface area contributed by atoms with Gasteiger partial charge in [0.25, 0.3) is 0 Å². The van der Waals surface area contributed by atoms with Crippen LogP contribution in [0.5, 0.6) is 0 Å². The lowest BCUT2D eigenvalue weighted by Gasteiger charge is -2.25. The number of amides is 2. The summed E-state index contributed by atoms with van der Waals surface area (Å²) in [5.41, 5.74) is 0.924. The number of hydrogen-bond acceptors (Lipinski definition) is 4. The van der Waals surface area contributed by atoms with E-state index in [0.29, 0.717) is 13.0 Å². The van der Waals surface area contributed by atoms with Gasteiger partial charge in [-0.05, 0) is 25.0 Å². The molecule has 25 heavy (non-hydrogen) atoms. The van der Waals surface area contributed by atoms with Gasteiger partial charge in [-0.2, -0.15) is 0 Å². The highest BCUT2D eigenvalue weighted by atomic mass is 16.6. The number of rotatable bonds is 4. The Balaban J connectivity index is 1.68. The molecule has 132 valence electrons. The molecular formula is C19H22N2O4. The Hall–Kier alpha value is -2.63. The summed E-state index contributed by atoms with van der Waals surface area (Å²) >= 11 is 0. The molecule has 0 aliphatic carbocycles. The third-order valence-corrected chi connectivity index (χ3v) is 4.84. The highest BCUT2D eigenvalue weighted by Gasteiger charge is 2.52. The van der Waals surface area contributed by atoms with Gasteiger partial charge in [0.15, 0.2) is 5.78 Å². The monoisotopic (exact) mass is 342 g/mol. The molecule has 3 atom stereocenters. The van der Waals surface area contributed by atoms with Crippen LogP contribution in [0.4, 0.5) is 4.79 Å². The number of nitrogens with zero attached hydrogens (tertiary/aromatic N) is 2. The van der Waals surface area contributed by atoms with Crippen molar-refractivity contribution < 1.29 is 19.1 Å². The minimum absolute atomic E-state index is 0.0620. The summed E-state index contributed by atoms with van der Waals surface area (Å²) in [6.07, 6.45) is 3.23. The molecule has 0 saturated carbocycles. The standard InChI is InChI=1S/C19H22N2O4/c1-13(22)8-10-20-16-9-11-21(17(16)14(2)18(20)23)19(24)25-12-15-6-4-3-5-7-15/h3-8,10,14,16-17H,9,11-12H2,1-2H3/b10-8+/t14-,16-,17?/m0/s1. The van der Waals surface area contributed by atoms with Crippen LogP contribution in [-0.2, 0) is 20.9 Å².